The number of nitrogens with zero attached hydrogens (tertiary/aromatic N) is 2. The largest absolute Gasteiger partial charge is 0.493 e. The SMILES string of the molecule is CCOc1ccc(C(=O)N2CCN(C)CC2)cc1OC. The molecule has 0 aliphatic carbocycles. The van der Waals surface area contributed by atoms with Crippen LogP contribution in [0, 0.1) is 0 Å². The van der Waals surface area contributed by atoms with Crippen LogP contribution in [0.15, 0.2) is 18.2 Å². The third-order valence-corrected chi connectivity index (χ3v) is 3.50. The summed E-state index contributed by atoms with van der Waals surface area (Å²) in [5.41, 5.74) is 0.648. The zero-order valence-electron chi connectivity index (χ0n) is 12.4. The van der Waals surface area contributed by atoms with Gasteiger partial charge in [-0.25, -0.2) is 0 Å². The van der Waals surface area contributed by atoms with Gasteiger partial charge in [0.25, 0.3) is 5.91 Å². The van der Waals surface area contributed by atoms with Gasteiger partial charge < -0.3 is 19.3 Å². The second-order valence-electron chi connectivity index (χ2n) is 4.89. The molecule has 2 rings (SSSR count). The number of hydrogen-bond donors (Lipinski definition) is 0. The van der Waals surface area contributed by atoms with E-state index in [0.717, 1.165) is 26.2 Å². The van der Waals surface area contributed by atoms with Crippen molar-refractivity contribution >= 4 is 5.91 Å². The van der Waals surface area contributed by atoms with E-state index in [1.54, 1.807) is 25.3 Å². The van der Waals surface area contributed by atoms with Gasteiger partial charge >= 0.3 is 0 Å². The molecule has 0 spiro atoms. The fourth-order valence-electron chi connectivity index (χ4n) is 2.27. The summed E-state index contributed by atoms with van der Waals surface area (Å²) in [7, 11) is 3.66. The minimum absolute atomic E-state index is 0.0550. The highest BCUT2D eigenvalue weighted by Crippen LogP contribution is 2.28. The number of rotatable bonds is 4. The number of amides is 1. The molecule has 0 saturated carbocycles. The maximum atomic E-state index is 12.5. The predicted octanol–water partition coefficient (Wildman–Crippen LogP) is 1.48. The molecule has 1 aliphatic rings. The molecule has 0 N–H and O–H groups in total. The zero-order valence-corrected chi connectivity index (χ0v) is 12.4. The van der Waals surface area contributed by atoms with E-state index in [9.17, 15) is 4.79 Å². The van der Waals surface area contributed by atoms with Crippen LogP contribution in [0.3, 0.4) is 0 Å². The molecule has 110 valence electrons. The Balaban J connectivity index is 2.13. The number of benzene rings is 1. The number of likely N-dealkylation sites (N-methyl/N-ethyl adjacent to an activating group) is 1. The molecule has 5 heteroatoms. The highest BCUT2D eigenvalue weighted by Gasteiger charge is 2.21. The first-order valence-electron chi connectivity index (χ1n) is 6.94. The van der Waals surface area contributed by atoms with Gasteiger partial charge in [-0.1, -0.05) is 0 Å². The van der Waals surface area contributed by atoms with Crippen LogP contribution in [0.2, 0.25) is 0 Å². The predicted molar refractivity (Wildman–Crippen MR) is 77.6 cm³/mol. The van der Waals surface area contributed by atoms with E-state index < -0.39 is 0 Å². The second kappa shape index (κ2) is 6.61. The molecule has 1 saturated heterocycles. The first-order valence-corrected chi connectivity index (χ1v) is 6.94. The van der Waals surface area contributed by atoms with Gasteiger partial charge in [0.2, 0.25) is 0 Å². The molecule has 1 amide bonds. The van der Waals surface area contributed by atoms with E-state index in [4.69, 9.17) is 9.47 Å². The van der Waals surface area contributed by atoms with Crippen molar-refractivity contribution < 1.29 is 14.3 Å². The van der Waals surface area contributed by atoms with Crippen molar-refractivity contribution in [2.24, 2.45) is 0 Å². The average Bonchev–Trinajstić information content (AvgIpc) is 2.48. The first-order chi connectivity index (χ1) is 9.65. The number of ether oxygens (including phenoxy) is 2. The number of carbonyl (C=O) groups is 1. The molecule has 0 atom stereocenters. The number of methoxy groups -OCH3 is 1. The van der Waals surface area contributed by atoms with Gasteiger partial charge in [-0.15, -0.1) is 0 Å². The van der Waals surface area contributed by atoms with Crippen LogP contribution in [0.5, 0.6) is 11.5 Å². The van der Waals surface area contributed by atoms with Gasteiger partial charge in [-0.2, -0.15) is 0 Å². The summed E-state index contributed by atoms with van der Waals surface area (Å²) >= 11 is 0. The molecule has 1 aromatic rings. The molecule has 0 unspecified atom stereocenters. The Morgan fingerprint density at radius 2 is 1.90 bits per heavy atom. The van der Waals surface area contributed by atoms with Crippen molar-refractivity contribution in [1.82, 2.24) is 9.80 Å². The Hall–Kier alpha value is -1.75. The van der Waals surface area contributed by atoms with Crippen LogP contribution < -0.4 is 9.47 Å². The van der Waals surface area contributed by atoms with Gasteiger partial charge in [0.1, 0.15) is 0 Å². The van der Waals surface area contributed by atoms with Gasteiger partial charge in [0.05, 0.1) is 13.7 Å². The second-order valence-corrected chi connectivity index (χ2v) is 4.89. The molecular weight excluding hydrogens is 256 g/mol. The fourth-order valence-corrected chi connectivity index (χ4v) is 2.27. The average molecular weight is 278 g/mol. The van der Waals surface area contributed by atoms with Crippen molar-refractivity contribution in [2.45, 2.75) is 6.92 Å². The van der Waals surface area contributed by atoms with Crippen LogP contribution in [0.1, 0.15) is 17.3 Å². The zero-order chi connectivity index (χ0) is 14.5. The van der Waals surface area contributed by atoms with E-state index >= 15 is 0 Å². The monoisotopic (exact) mass is 278 g/mol. The van der Waals surface area contributed by atoms with Crippen molar-refractivity contribution in [3.05, 3.63) is 23.8 Å². The van der Waals surface area contributed by atoms with Gasteiger partial charge in [-0.05, 0) is 32.2 Å². The molecule has 5 nitrogen and oxygen atoms in total. The maximum absolute atomic E-state index is 12.5. The van der Waals surface area contributed by atoms with Crippen molar-refractivity contribution in [2.75, 3.05) is 46.9 Å². The Morgan fingerprint density at radius 3 is 2.50 bits per heavy atom. The third kappa shape index (κ3) is 3.22. The Kier molecular flexibility index (Phi) is 4.84. The summed E-state index contributed by atoms with van der Waals surface area (Å²) in [6.07, 6.45) is 0. The highest BCUT2D eigenvalue weighted by molar-refractivity contribution is 5.95. The molecule has 1 aliphatic heterocycles. The summed E-state index contributed by atoms with van der Waals surface area (Å²) in [5.74, 6) is 1.33. The number of piperazine rings is 1. The van der Waals surface area contributed by atoms with E-state index in [1.807, 2.05) is 11.8 Å². The topological polar surface area (TPSA) is 42.0 Å². The summed E-state index contributed by atoms with van der Waals surface area (Å²) in [6, 6.07) is 5.35. The van der Waals surface area contributed by atoms with Gasteiger partial charge in [-0.3, -0.25) is 4.79 Å². The van der Waals surface area contributed by atoms with E-state index in [1.165, 1.54) is 0 Å². The lowest BCUT2D eigenvalue weighted by Crippen LogP contribution is -2.47. The smallest absolute Gasteiger partial charge is 0.254 e. The fraction of sp³-hybridized carbons (Fsp3) is 0.533. The maximum Gasteiger partial charge on any atom is 0.254 e. The molecule has 20 heavy (non-hydrogen) atoms. The van der Waals surface area contributed by atoms with Gasteiger partial charge in [0.15, 0.2) is 11.5 Å². The molecule has 0 radical (unpaired) electrons. The molecule has 0 aromatic heterocycles. The van der Waals surface area contributed by atoms with Crippen molar-refractivity contribution in [1.29, 1.82) is 0 Å². The van der Waals surface area contributed by atoms with E-state index in [-0.39, 0.29) is 5.91 Å². The van der Waals surface area contributed by atoms with E-state index in [2.05, 4.69) is 11.9 Å². The molecular formula is C15H22N2O3. The minimum Gasteiger partial charge on any atom is -0.493 e. The first kappa shape index (κ1) is 14.7. The Labute approximate surface area is 120 Å². The van der Waals surface area contributed by atoms with Crippen LogP contribution in [0.25, 0.3) is 0 Å². The van der Waals surface area contributed by atoms with Crippen LogP contribution in [0.4, 0.5) is 0 Å². The molecule has 0 bridgehead atoms. The lowest BCUT2D eigenvalue weighted by Gasteiger charge is -2.32. The number of hydrogen-bond acceptors (Lipinski definition) is 4. The number of carbonyl (C=O) groups excluding carboxylic acids is 1. The Morgan fingerprint density at radius 1 is 1.20 bits per heavy atom. The standard InChI is InChI=1S/C15H22N2O3/c1-4-20-13-6-5-12(11-14(13)19-3)15(18)17-9-7-16(2)8-10-17/h5-6,11H,4,7-10H2,1-3H3. The molecule has 1 fully saturated rings. The highest BCUT2D eigenvalue weighted by atomic mass is 16.5. The van der Waals surface area contributed by atoms with Crippen LogP contribution >= 0.6 is 0 Å². The summed E-state index contributed by atoms with van der Waals surface area (Å²) in [6.45, 7) is 5.86. The molecule has 1 heterocycles. The lowest BCUT2D eigenvalue weighted by atomic mass is 10.1. The molecule has 1 aromatic carbocycles. The summed E-state index contributed by atoms with van der Waals surface area (Å²) < 4.78 is 10.8. The van der Waals surface area contributed by atoms with Crippen LogP contribution in [-0.2, 0) is 0 Å². The summed E-state index contributed by atoms with van der Waals surface area (Å²) in [4.78, 5) is 16.6. The van der Waals surface area contributed by atoms with Crippen molar-refractivity contribution in [3.8, 4) is 11.5 Å². The quantitative estimate of drug-likeness (QED) is 0.836. The van der Waals surface area contributed by atoms with Crippen LogP contribution in [-0.4, -0.2) is 62.7 Å². The lowest BCUT2D eigenvalue weighted by molar-refractivity contribution is 0.0663. The van der Waals surface area contributed by atoms with E-state index in [0.29, 0.717) is 23.7 Å². The third-order valence-electron chi connectivity index (χ3n) is 3.50. The van der Waals surface area contributed by atoms with Gasteiger partial charge in [0, 0.05) is 31.7 Å². The minimum atomic E-state index is 0.0550. The summed E-state index contributed by atoms with van der Waals surface area (Å²) in [5, 5.41) is 0. The van der Waals surface area contributed by atoms with Crippen molar-refractivity contribution in [3.63, 3.8) is 0 Å². The normalized spacial score (nSPS) is 16.1. The Bertz CT molecular complexity index is 468.